The zero-order valence-electron chi connectivity index (χ0n) is 16.0. The lowest BCUT2D eigenvalue weighted by Crippen LogP contribution is -2.39. The fraction of sp³-hybridized carbons (Fsp3) is 0.333. The Bertz CT molecular complexity index is 999. The number of urea groups is 1. The molecule has 2 N–H and O–H groups in total. The van der Waals surface area contributed by atoms with E-state index in [1.807, 2.05) is 47.3 Å². The number of hydrogen-bond acceptors (Lipinski definition) is 3. The predicted octanol–water partition coefficient (Wildman–Crippen LogP) is 4.78. The zero-order chi connectivity index (χ0) is 19.7. The Morgan fingerprint density at radius 1 is 1.25 bits per heavy atom. The van der Waals surface area contributed by atoms with Crippen LogP contribution in [0, 0.1) is 0 Å². The van der Waals surface area contributed by atoms with E-state index in [2.05, 4.69) is 56.5 Å². The second kappa shape index (κ2) is 7.83. The van der Waals surface area contributed by atoms with Crippen LogP contribution in [0.4, 0.5) is 16.2 Å². The molecule has 4 rings (SSSR count). The van der Waals surface area contributed by atoms with Crippen LogP contribution in [0.5, 0.6) is 0 Å². The molecule has 2 aromatic carbocycles. The van der Waals surface area contributed by atoms with Crippen LogP contribution in [0.2, 0.25) is 0 Å². The van der Waals surface area contributed by atoms with E-state index in [0.717, 1.165) is 40.6 Å². The van der Waals surface area contributed by atoms with Gasteiger partial charge in [0.15, 0.2) is 0 Å². The quantitative estimate of drug-likeness (QED) is 0.612. The highest BCUT2D eigenvalue weighted by Crippen LogP contribution is 2.28. The van der Waals surface area contributed by atoms with Crippen LogP contribution in [0.3, 0.4) is 0 Å². The van der Waals surface area contributed by atoms with Crippen LogP contribution in [0.1, 0.15) is 26.3 Å². The number of benzene rings is 2. The van der Waals surface area contributed by atoms with Gasteiger partial charge in [0.25, 0.3) is 0 Å². The van der Waals surface area contributed by atoms with Gasteiger partial charge < -0.3 is 15.5 Å². The number of aromatic nitrogens is 2. The fourth-order valence-electron chi connectivity index (χ4n) is 3.68. The number of fused-ring (bicyclic) bond motifs is 1. The average molecular weight is 442 g/mol. The van der Waals surface area contributed by atoms with Crippen molar-refractivity contribution >= 4 is 44.2 Å². The number of para-hydroxylation sites is 1. The average Bonchev–Trinajstić information content (AvgIpc) is 3.28. The first-order valence-corrected chi connectivity index (χ1v) is 10.3. The molecule has 7 heteroatoms. The lowest BCUT2D eigenvalue weighted by atomic mass is 10.2. The minimum atomic E-state index is -0.172. The molecule has 2 amide bonds. The van der Waals surface area contributed by atoms with Crippen LogP contribution in [-0.4, -0.2) is 34.9 Å². The minimum absolute atomic E-state index is 0.122. The van der Waals surface area contributed by atoms with Gasteiger partial charge in [-0.15, -0.1) is 0 Å². The molecule has 1 atom stereocenters. The number of halogens is 1. The molecule has 1 aliphatic heterocycles. The number of anilines is 2. The van der Waals surface area contributed by atoms with Crippen LogP contribution in [0.15, 0.2) is 53.1 Å². The van der Waals surface area contributed by atoms with Crippen LogP contribution < -0.4 is 15.5 Å². The third kappa shape index (κ3) is 3.85. The number of hydrogen-bond donors (Lipinski definition) is 2. The number of nitrogens with zero attached hydrogens (tertiary/aromatic N) is 3. The zero-order valence-corrected chi connectivity index (χ0v) is 17.6. The van der Waals surface area contributed by atoms with Gasteiger partial charge in [-0.1, -0.05) is 12.1 Å². The molecule has 1 fully saturated rings. The molecule has 1 unspecified atom stereocenters. The summed E-state index contributed by atoms with van der Waals surface area (Å²) < 4.78 is 3.04. The summed E-state index contributed by atoms with van der Waals surface area (Å²) in [6.07, 6.45) is 2.78. The highest BCUT2D eigenvalue weighted by atomic mass is 79.9. The highest BCUT2D eigenvalue weighted by Gasteiger charge is 2.25. The van der Waals surface area contributed by atoms with Crippen LogP contribution in [-0.2, 0) is 0 Å². The molecule has 0 bridgehead atoms. The van der Waals surface area contributed by atoms with Crippen molar-refractivity contribution in [1.29, 1.82) is 0 Å². The molecule has 0 saturated carbocycles. The summed E-state index contributed by atoms with van der Waals surface area (Å²) in [5.41, 5.74) is 2.96. The molecule has 2 heterocycles. The molecule has 1 aliphatic rings. The van der Waals surface area contributed by atoms with Crippen molar-refractivity contribution in [2.45, 2.75) is 32.4 Å². The molecule has 1 saturated heterocycles. The van der Waals surface area contributed by atoms with Gasteiger partial charge in [-0.3, -0.25) is 4.68 Å². The molecule has 6 nitrogen and oxygen atoms in total. The van der Waals surface area contributed by atoms with E-state index in [1.54, 1.807) is 0 Å². The summed E-state index contributed by atoms with van der Waals surface area (Å²) in [5.74, 6) is 0. The molecular formula is C21H24BrN5O. The van der Waals surface area contributed by atoms with Gasteiger partial charge in [0.2, 0.25) is 0 Å². The van der Waals surface area contributed by atoms with Crippen molar-refractivity contribution < 1.29 is 4.79 Å². The Hall–Kier alpha value is -2.54. The van der Waals surface area contributed by atoms with Crippen LogP contribution >= 0.6 is 15.9 Å². The Balaban J connectivity index is 1.39. The monoisotopic (exact) mass is 441 g/mol. The van der Waals surface area contributed by atoms with E-state index in [-0.39, 0.29) is 18.1 Å². The van der Waals surface area contributed by atoms with Crippen molar-refractivity contribution in [2.75, 3.05) is 23.3 Å². The number of carbonyl (C=O) groups excluding carboxylic acids is 1. The summed E-state index contributed by atoms with van der Waals surface area (Å²) in [7, 11) is 0. The Kier molecular flexibility index (Phi) is 5.26. The summed E-state index contributed by atoms with van der Waals surface area (Å²) in [4.78, 5) is 14.8. The van der Waals surface area contributed by atoms with Crippen molar-refractivity contribution in [3.8, 4) is 0 Å². The van der Waals surface area contributed by atoms with E-state index >= 15 is 0 Å². The molecule has 28 heavy (non-hydrogen) atoms. The molecule has 0 radical (unpaired) electrons. The fourth-order valence-corrected chi connectivity index (χ4v) is 4.22. The van der Waals surface area contributed by atoms with E-state index in [1.165, 1.54) is 5.69 Å². The maximum Gasteiger partial charge on any atom is 0.319 e. The highest BCUT2D eigenvalue weighted by molar-refractivity contribution is 9.10. The SMILES string of the molecule is CC(C)n1ncc2ccc(NC(=O)NC3CCN(c4ccccc4Br)C3)cc21. The van der Waals surface area contributed by atoms with Gasteiger partial charge in [-0.25, -0.2) is 4.79 Å². The van der Waals surface area contributed by atoms with Crippen molar-refractivity contribution in [3.63, 3.8) is 0 Å². The van der Waals surface area contributed by atoms with E-state index < -0.39 is 0 Å². The van der Waals surface area contributed by atoms with Gasteiger partial charge in [-0.2, -0.15) is 5.10 Å². The van der Waals surface area contributed by atoms with Crippen molar-refractivity contribution in [3.05, 3.63) is 53.1 Å². The van der Waals surface area contributed by atoms with Gasteiger partial charge in [0.1, 0.15) is 0 Å². The minimum Gasteiger partial charge on any atom is -0.368 e. The van der Waals surface area contributed by atoms with E-state index in [4.69, 9.17) is 0 Å². The Morgan fingerprint density at radius 2 is 2.07 bits per heavy atom. The Labute approximate surface area is 173 Å². The molecule has 146 valence electrons. The third-order valence-electron chi connectivity index (χ3n) is 5.06. The summed E-state index contributed by atoms with van der Waals surface area (Å²) >= 11 is 3.61. The van der Waals surface area contributed by atoms with E-state index in [9.17, 15) is 4.79 Å². The lowest BCUT2D eigenvalue weighted by Gasteiger charge is -2.20. The first-order valence-electron chi connectivity index (χ1n) is 9.55. The van der Waals surface area contributed by atoms with Gasteiger partial charge in [0.05, 0.1) is 17.4 Å². The van der Waals surface area contributed by atoms with Crippen molar-refractivity contribution in [2.24, 2.45) is 0 Å². The topological polar surface area (TPSA) is 62.2 Å². The summed E-state index contributed by atoms with van der Waals surface area (Å²) in [6, 6.07) is 14.3. The first kappa shape index (κ1) is 18.8. The standard InChI is InChI=1S/C21H24BrN5O/c1-14(2)27-20-11-16(8-7-15(20)12-23-27)24-21(28)25-17-9-10-26(13-17)19-6-4-3-5-18(19)22/h3-8,11-12,14,17H,9-10,13H2,1-2H3,(H2,24,25,28). The molecule has 3 aromatic rings. The molecule has 0 aliphatic carbocycles. The first-order chi connectivity index (χ1) is 13.5. The molecule has 1 aromatic heterocycles. The normalized spacial score (nSPS) is 16.7. The summed E-state index contributed by atoms with van der Waals surface area (Å²) in [5, 5.41) is 11.6. The number of amides is 2. The van der Waals surface area contributed by atoms with Crippen LogP contribution in [0.25, 0.3) is 10.9 Å². The second-order valence-electron chi connectivity index (χ2n) is 7.44. The smallest absolute Gasteiger partial charge is 0.319 e. The summed E-state index contributed by atoms with van der Waals surface area (Å²) in [6.45, 7) is 5.91. The van der Waals surface area contributed by atoms with Gasteiger partial charge in [0, 0.05) is 40.7 Å². The van der Waals surface area contributed by atoms with Gasteiger partial charge in [-0.05, 0) is 66.5 Å². The largest absolute Gasteiger partial charge is 0.368 e. The molecular weight excluding hydrogens is 418 g/mol. The number of nitrogens with one attached hydrogen (secondary N) is 2. The predicted molar refractivity (Wildman–Crippen MR) is 117 cm³/mol. The third-order valence-corrected chi connectivity index (χ3v) is 5.73. The second-order valence-corrected chi connectivity index (χ2v) is 8.29. The van der Waals surface area contributed by atoms with Gasteiger partial charge >= 0.3 is 6.03 Å². The van der Waals surface area contributed by atoms with Crippen molar-refractivity contribution in [1.82, 2.24) is 15.1 Å². The lowest BCUT2D eigenvalue weighted by molar-refractivity contribution is 0.249. The van der Waals surface area contributed by atoms with E-state index in [0.29, 0.717) is 0 Å². The maximum absolute atomic E-state index is 12.5. The number of rotatable bonds is 4. The number of carbonyl (C=O) groups is 1. The Morgan fingerprint density at radius 3 is 2.86 bits per heavy atom. The maximum atomic E-state index is 12.5. The molecule has 0 spiro atoms.